The van der Waals surface area contributed by atoms with Crippen molar-refractivity contribution in [2.24, 2.45) is 5.92 Å². The van der Waals surface area contributed by atoms with E-state index in [-0.39, 0.29) is 0 Å². The Morgan fingerprint density at radius 1 is 1.26 bits per heavy atom. The van der Waals surface area contributed by atoms with Gasteiger partial charge in [0.1, 0.15) is 0 Å². The Morgan fingerprint density at radius 2 is 2.00 bits per heavy atom. The first-order valence-electron chi connectivity index (χ1n) is 8.01. The Kier molecular flexibility index (Phi) is 5.90. The van der Waals surface area contributed by atoms with E-state index in [4.69, 9.17) is 0 Å². The predicted molar refractivity (Wildman–Crippen MR) is 86.0 cm³/mol. The Bertz CT molecular complexity index is 357. The van der Waals surface area contributed by atoms with Gasteiger partial charge < -0.3 is 5.32 Å². The third kappa shape index (κ3) is 4.32. The van der Waals surface area contributed by atoms with Crippen LogP contribution in [0, 0.1) is 19.8 Å². The Hall–Kier alpha value is -0.340. The molecular formula is C17H29NS. The van der Waals surface area contributed by atoms with Crippen LogP contribution in [0.5, 0.6) is 0 Å². The third-order valence-corrected chi connectivity index (χ3v) is 5.73. The standard InChI is InChI=1S/C17H29NS/c1-4-10-18-16(12-15-8-6-5-7-9-15)17-11-13(2)14(3)19-17/h11,15-16,18H,4-10,12H2,1-3H3. The Morgan fingerprint density at radius 3 is 2.58 bits per heavy atom. The molecule has 1 aromatic rings. The molecule has 0 spiro atoms. The van der Waals surface area contributed by atoms with E-state index in [2.05, 4.69) is 32.2 Å². The van der Waals surface area contributed by atoms with Gasteiger partial charge in [-0.1, -0.05) is 39.0 Å². The van der Waals surface area contributed by atoms with Crippen molar-refractivity contribution in [1.29, 1.82) is 0 Å². The first-order valence-corrected chi connectivity index (χ1v) is 8.82. The second kappa shape index (κ2) is 7.44. The summed E-state index contributed by atoms with van der Waals surface area (Å²) >= 11 is 2.00. The molecule has 0 bridgehead atoms. The first-order chi connectivity index (χ1) is 9.20. The minimum atomic E-state index is 0.598. The van der Waals surface area contributed by atoms with Crippen molar-refractivity contribution in [3.63, 3.8) is 0 Å². The van der Waals surface area contributed by atoms with Crippen molar-refractivity contribution in [1.82, 2.24) is 5.32 Å². The normalized spacial score (nSPS) is 18.7. The highest BCUT2D eigenvalue weighted by Gasteiger charge is 2.21. The lowest BCUT2D eigenvalue weighted by Gasteiger charge is -2.26. The van der Waals surface area contributed by atoms with E-state index in [0.717, 1.165) is 12.5 Å². The summed E-state index contributed by atoms with van der Waals surface area (Å²) in [5.74, 6) is 0.950. The van der Waals surface area contributed by atoms with Gasteiger partial charge in [0.15, 0.2) is 0 Å². The summed E-state index contributed by atoms with van der Waals surface area (Å²) in [6.45, 7) is 7.90. The lowest BCUT2D eigenvalue weighted by Crippen LogP contribution is -2.24. The predicted octanol–water partition coefficient (Wildman–Crippen LogP) is 5.38. The summed E-state index contributed by atoms with van der Waals surface area (Å²) in [7, 11) is 0. The molecule has 1 heterocycles. The second-order valence-electron chi connectivity index (χ2n) is 6.13. The maximum Gasteiger partial charge on any atom is 0.0417 e. The molecule has 1 aliphatic carbocycles. The van der Waals surface area contributed by atoms with Crippen LogP contribution in [0.3, 0.4) is 0 Å². The molecule has 1 N–H and O–H groups in total. The maximum atomic E-state index is 3.78. The molecule has 1 nitrogen and oxygen atoms in total. The number of rotatable bonds is 6. The van der Waals surface area contributed by atoms with Crippen LogP contribution in [0.15, 0.2) is 6.07 Å². The third-order valence-electron chi connectivity index (χ3n) is 4.46. The topological polar surface area (TPSA) is 12.0 Å². The number of thiophene rings is 1. The molecule has 0 radical (unpaired) electrons. The van der Waals surface area contributed by atoms with Crippen LogP contribution in [0.4, 0.5) is 0 Å². The van der Waals surface area contributed by atoms with E-state index in [1.165, 1.54) is 55.4 Å². The number of aryl methyl sites for hydroxylation is 2. The summed E-state index contributed by atoms with van der Waals surface area (Å²) in [6.07, 6.45) is 9.84. The van der Waals surface area contributed by atoms with Gasteiger partial charge in [0.2, 0.25) is 0 Å². The molecule has 0 aliphatic heterocycles. The SMILES string of the molecule is CCCNC(CC1CCCCC1)c1cc(C)c(C)s1. The van der Waals surface area contributed by atoms with Crippen LogP contribution < -0.4 is 5.32 Å². The molecule has 2 heteroatoms. The van der Waals surface area contributed by atoms with Crippen molar-refractivity contribution in [3.8, 4) is 0 Å². The Balaban J connectivity index is 2.01. The maximum absolute atomic E-state index is 3.78. The fourth-order valence-electron chi connectivity index (χ4n) is 3.15. The molecule has 2 rings (SSSR count). The van der Waals surface area contributed by atoms with Crippen LogP contribution in [0.25, 0.3) is 0 Å². The monoisotopic (exact) mass is 279 g/mol. The fraction of sp³-hybridized carbons (Fsp3) is 0.765. The highest BCUT2D eigenvalue weighted by Crippen LogP contribution is 2.35. The zero-order valence-electron chi connectivity index (χ0n) is 12.8. The van der Waals surface area contributed by atoms with E-state index >= 15 is 0 Å². The largest absolute Gasteiger partial charge is 0.309 e. The molecule has 0 saturated heterocycles. The van der Waals surface area contributed by atoms with Crippen LogP contribution in [-0.4, -0.2) is 6.54 Å². The van der Waals surface area contributed by atoms with Gasteiger partial charge in [0.25, 0.3) is 0 Å². The van der Waals surface area contributed by atoms with Gasteiger partial charge in [-0.2, -0.15) is 0 Å². The Labute approximate surface area is 122 Å². The van der Waals surface area contributed by atoms with Gasteiger partial charge in [-0.25, -0.2) is 0 Å². The van der Waals surface area contributed by atoms with E-state index < -0.39 is 0 Å². The summed E-state index contributed by atoms with van der Waals surface area (Å²) in [4.78, 5) is 3.05. The molecule has 0 amide bonds. The van der Waals surface area contributed by atoms with Crippen LogP contribution in [0.1, 0.15) is 73.2 Å². The summed E-state index contributed by atoms with van der Waals surface area (Å²) in [6, 6.07) is 3.01. The molecule has 1 aliphatic rings. The van der Waals surface area contributed by atoms with E-state index in [0.29, 0.717) is 6.04 Å². The molecular weight excluding hydrogens is 250 g/mol. The minimum Gasteiger partial charge on any atom is -0.309 e. The van der Waals surface area contributed by atoms with Crippen molar-refractivity contribution in [2.75, 3.05) is 6.54 Å². The van der Waals surface area contributed by atoms with E-state index in [9.17, 15) is 0 Å². The molecule has 1 unspecified atom stereocenters. The molecule has 1 fully saturated rings. The van der Waals surface area contributed by atoms with E-state index in [1.807, 2.05) is 11.3 Å². The van der Waals surface area contributed by atoms with Gasteiger partial charge in [0.05, 0.1) is 0 Å². The fourth-order valence-corrected chi connectivity index (χ4v) is 4.28. The lowest BCUT2D eigenvalue weighted by atomic mass is 9.84. The molecule has 1 atom stereocenters. The highest BCUT2D eigenvalue weighted by molar-refractivity contribution is 7.12. The van der Waals surface area contributed by atoms with Crippen molar-refractivity contribution in [3.05, 3.63) is 21.4 Å². The van der Waals surface area contributed by atoms with Gasteiger partial charge in [-0.3, -0.25) is 0 Å². The summed E-state index contributed by atoms with van der Waals surface area (Å²) in [5, 5.41) is 3.78. The van der Waals surface area contributed by atoms with Gasteiger partial charge in [0, 0.05) is 15.8 Å². The minimum absolute atomic E-state index is 0.598. The van der Waals surface area contributed by atoms with Gasteiger partial charge in [-0.15, -0.1) is 11.3 Å². The second-order valence-corrected chi connectivity index (χ2v) is 7.42. The highest BCUT2D eigenvalue weighted by atomic mass is 32.1. The number of nitrogens with one attached hydrogen (secondary N) is 1. The van der Waals surface area contributed by atoms with Crippen molar-refractivity contribution < 1.29 is 0 Å². The van der Waals surface area contributed by atoms with Gasteiger partial charge in [-0.05, 0) is 50.8 Å². The molecule has 19 heavy (non-hydrogen) atoms. The van der Waals surface area contributed by atoms with Crippen LogP contribution in [-0.2, 0) is 0 Å². The zero-order chi connectivity index (χ0) is 13.7. The number of hydrogen-bond donors (Lipinski definition) is 1. The average molecular weight is 279 g/mol. The molecule has 1 aromatic heterocycles. The summed E-state index contributed by atoms with van der Waals surface area (Å²) < 4.78 is 0. The molecule has 1 saturated carbocycles. The molecule has 0 aromatic carbocycles. The molecule has 108 valence electrons. The van der Waals surface area contributed by atoms with Crippen LogP contribution >= 0.6 is 11.3 Å². The quantitative estimate of drug-likeness (QED) is 0.737. The van der Waals surface area contributed by atoms with Crippen molar-refractivity contribution in [2.45, 2.75) is 71.8 Å². The van der Waals surface area contributed by atoms with Gasteiger partial charge >= 0.3 is 0 Å². The van der Waals surface area contributed by atoms with E-state index in [1.54, 1.807) is 4.88 Å². The van der Waals surface area contributed by atoms with Crippen LogP contribution in [0.2, 0.25) is 0 Å². The lowest BCUT2D eigenvalue weighted by molar-refractivity contribution is 0.301. The first kappa shape index (κ1) is 15.1. The van der Waals surface area contributed by atoms with Crippen molar-refractivity contribution >= 4 is 11.3 Å². The smallest absolute Gasteiger partial charge is 0.0417 e. The summed E-state index contributed by atoms with van der Waals surface area (Å²) in [5.41, 5.74) is 1.46. The zero-order valence-corrected chi connectivity index (χ0v) is 13.6. The average Bonchev–Trinajstić information content (AvgIpc) is 2.76. The number of hydrogen-bond acceptors (Lipinski definition) is 2.